The molecule has 2 heterocycles. The summed E-state index contributed by atoms with van der Waals surface area (Å²) in [4.78, 5) is 0. The van der Waals surface area contributed by atoms with Crippen molar-refractivity contribution in [3.63, 3.8) is 0 Å². The Hall–Kier alpha value is -0.0800. The van der Waals surface area contributed by atoms with Crippen molar-refractivity contribution in [2.75, 3.05) is 6.61 Å². The molecular formula is C6H8O2. The van der Waals surface area contributed by atoms with Crippen molar-refractivity contribution in [3.05, 3.63) is 0 Å². The third-order valence-electron chi connectivity index (χ3n) is 2.49. The molecule has 1 saturated carbocycles. The van der Waals surface area contributed by atoms with Crippen molar-refractivity contribution >= 4 is 0 Å². The van der Waals surface area contributed by atoms with E-state index < -0.39 is 0 Å². The number of hydrogen-bond acceptors (Lipinski definition) is 2. The van der Waals surface area contributed by atoms with Crippen LogP contribution in [-0.2, 0) is 9.47 Å². The molecule has 0 bridgehead atoms. The van der Waals surface area contributed by atoms with Crippen molar-refractivity contribution in [1.29, 1.82) is 0 Å². The maximum absolute atomic E-state index is 5.31. The number of rotatable bonds is 0. The highest BCUT2D eigenvalue weighted by Gasteiger charge is 2.60. The van der Waals surface area contributed by atoms with Gasteiger partial charge in [-0.3, -0.25) is 0 Å². The molecule has 0 unspecified atom stereocenters. The quantitative estimate of drug-likeness (QED) is 0.417. The van der Waals surface area contributed by atoms with E-state index in [1.165, 1.54) is 6.42 Å². The minimum Gasteiger partial charge on any atom is -0.377 e. The van der Waals surface area contributed by atoms with Gasteiger partial charge in [0.2, 0.25) is 0 Å². The normalized spacial score (nSPS) is 66.0. The molecule has 8 heavy (non-hydrogen) atoms. The van der Waals surface area contributed by atoms with Crippen molar-refractivity contribution in [3.8, 4) is 0 Å². The lowest BCUT2D eigenvalue weighted by molar-refractivity contribution is -0.122. The highest BCUT2D eigenvalue weighted by atomic mass is 16.6. The fraction of sp³-hybridized carbons (Fsp3) is 1.00. The van der Waals surface area contributed by atoms with Crippen molar-refractivity contribution < 1.29 is 9.47 Å². The summed E-state index contributed by atoms with van der Waals surface area (Å²) in [5, 5.41) is 0. The van der Waals surface area contributed by atoms with E-state index in [2.05, 4.69) is 0 Å². The topological polar surface area (TPSA) is 21.8 Å². The second kappa shape index (κ2) is 0.957. The van der Waals surface area contributed by atoms with Gasteiger partial charge in [0.05, 0.1) is 24.9 Å². The van der Waals surface area contributed by atoms with Crippen LogP contribution in [0.25, 0.3) is 0 Å². The lowest BCUT2D eigenvalue weighted by Gasteiger charge is -2.31. The second-order valence-corrected chi connectivity index (χ2v) is 2.91. The first-order valence-corrected chi connectivity index (χ1v) is 3.22. The minimum absolute atomic E-state index is 0.596. The third kappa shape index (κ3) is 0.273. The second-order valence-electron chi connectivity index (χ2n) is 2.91. The molecule has 44 valence electrons. The molecule has 0 radical (unpaired) electrons. The fourth-order valence-corrected chi connectivity index (χ4v) is 1.84. The number of ether oxygens (including phenoxy) is 2. The Balaban J connectivity index is 1.92. The van der Waals surface area contributed by atoms with Crippen molar-refractivity contribution in [2.24, 2.45) is 5.92 Å². The largest absolute Gasteiger partial charge is 0.377 e. The van der Waals surface area contributed by atoms with Gasteiger partial charge in [0.1, 0.15) is 0 Å². The summed E-state index contributed by atoms with van der Waals surface area (Å²) >= 11 is 0. The zero-order valence-corrected chi connectivity index (χ0v) is 4.54. The van der Waals surface area contributed by atoms with Gasteiger partial charge in [-0.25, -0.2) is 0 Å². The van der Waals surface area contributed by atoms with E-state index in [0.29, 0.717) is 18.3 Å². The van der Waals surface area contributed by atoms with Gasteiger partial charge in [-0.15, -0.1) is 0 Å². The fourth-order valence-electron chi connectivity index (χ4n) is 1.84. The van der Waals surface area contributed by atoms with E-state index in [9.17, 15) is 0 Å². The maximum Gasteiger partial charge on any atom is 0.0917 e. The molecule has 1 aliphatic carbocycles. The van der Waals surface area contributed by atoms with Crippen LogP contribution >= 0.6 is 0 Å². The Kier molecular flexibility index (Phi) is 0.461. The van der Waals surface area contributed by atoms with Gasteiger partial charge in [0.15, 0.2) is 0 Å². The summed E-state index contributed by atoms with van der Waals surface area (Å²) in [6.45, 7) is 0.964. The zero-order chi connectivity index (χ0) is 5.14. The summed E-state index contributed by atoms with van der Waals surface area (Å²) in [5.74, 6) is 0.792. The highest BCUT2D eigenvalue weighted by molar-refractivity contribution is 5.06. The smallest absolute Gasteiger partial charge is 0.0917 e. The SMILES string of the molecule is C1O[C@H]2C[C@H]3O[C@@H]3[C@H]12. The van der Waals surface area contributed by atoms with Crippen LogP contribution in [0.2, 0.25) is 0 Å². The molecular weight excluding hydrogens is 104 g/mol. The Labute approximate surface area is 47.8 Å². The van der Waals surface area contributed by atoms with E-state index in [0.717, 1.165) is 12.5 Å². The van der Waals surface area contributed by atoms with E-state index >= 15 is 0 Å². The molecule has 2 heteroatoms. The van der Waals surface area contributed by atoms with Crippen LogP contribution in [0.4, 0.5) is 0 Å². The third-order valence-corrected chi connectivity index (χ3v) is 2.49. The summed E-state index contributed by atoms with van der Waals surface area (Å²) < 4.78 is 10.6. The van der Waals surface area contributed by atoms with Gasteiger partial charge < -0.3 is 9.47 Å². The standard InChI is InChI=1S/C6H8O2/c1-4-3(2-7-4)6-5(1)8-6/h3-6H,1-2H2/t3-,4+,5-,6-/m1/s1. The molecule has 0 aromatic carbocycles. The molecule has 0 aromatic rings. The number of epoxide rings is 1. The Morgan fingerprint density at radius 1 is 1.25 bits per heavy atom. The van der Waals surface area contributed by atoms with Gasteiger partial charge in [0.25, 0.3) is 0 Å². The molecule has 3 fully saturated rings. The van der Waals surface area contributed by atoms with Crippen molar-refractivity contribution in [2.45, 2.75) is 24.7 Å². The summed E-state index contributed by atoms with van der Waals surface area (Å²) in [6.07, 6.45) is 3.00. The van der Waals surface area contributed by atoms with Crippen LogP contribution in [0.1, 0.15) is 6.42 Å². The van der Waals surface area contributed by atoms with Crippen LogP contribution in [0.15, 0.2) is 0 Å². The molecule has 3 aliphatic rings. The van der Waals surface area contributed by atoms with Crippen LogP contribution in [0.5, 0.6) is 0 Å². The van der Waals surface area contributed by atoms with Gasteiger partial charge in [-0.05, 0) is 0 Å². The predicted molar refractivity (Wildman–Crippen MR) is 26.5 cm³/mol. The highest BCUT2D eigenvalue weighted by Crippen LogP contribution is 2.49. The van der Waals surface area contributed by atoms with Gasteiger partial charge in [-0.2, -0.15) is 0 Å². The molecule has 2 saturated heterocycles. The first kappa shape index (κ1) is 3.85. The molecule has 2 nitrogen and oxygen atoms in total. The van der Waals surface area contributed by atoms with Gasteiger partial charge in [0, 0.05) is 12.3 Å². The monoisotopic (exact) mass is 112 g/mol. The summed E-state index contributed by atoms with van der Waals surface area (Å²) in [5.41, 5.74) is 0. The molecule has 4 atom stereocenters. The number of fused-ring (bicyclic) bond motifs is 3. The summed E-state index contributed by atoms with van der Waals surface area (Å²) in [6, 6.07) is 0. The average molecular weight is 112 g/mol. The Bertz CT molecular complexity index is 130. The lowest BCUT2D eigenvalue weighted by atomic mass is 10.0. The van der Waals surface area contributed by atoms with E-state index in [1.807, 2.05) is 0 Å². The molecule has 0 spiro atoms. The zero-order valence-electron chi connectivity index (χ0n) is 4.54. The van der Waals surface area contributed by atoms with Crippen LogP contribution in [0, 0.1) is 5.92 Å². The Morgan fingerprint density at radius 2 is 2.25 bits per heavy atom. The van der Waals surface area contributed by atoms with Crippen LogP contribution < -0.4 is 0 Å². The molecule has 0 aromatic heterocycles. The maximum atomic E-state index is 5.31. The average Bonchev–Trinajstić information content (AvgIpc) is 2.34. The molecule has 0 amide bonds. The van der Waals surface area contributed by atoms with E-state index in [-0.39, 0.29) is 0 Å². The number of hydrogen-bond donors (Lipinski definition) is 0. The summed E-state index contributed by atoms with van der Waals surface area (Å²) in [7, 11) is 0. The first-order chi connectivity index (χ1) is 3.95. The van der Waals surface area contributed by atoms with Crippen molar-refractivity contribution in [1.82, 2.24) is 0 Å². The molecule has 3 rings (SSSR count). The minimum atomic E-state index is 0.596. The van der Waals surface area contributed by atoms with E-state index in [4.69, 9.17) is 9.47 Å². The molecule has 0 N–H and O–H groups in total. The van der Waals surface area contributed by atoms with E-state index in [1.54, 1.807) is 0 Å². The first-order valence-electron chi connectivity index (χ1n) is 3.22. The van der Waals surface area contributed by atoms with Gasteiger partial charge >= 0.3 is 0 Å². The predicted octanol–water partition coefficient (Wildman–Crippen LogP) is 0.172. The van der Waals surface area contributed by atoms with Gasteiger partial charge in [-0.1, -0.05) is 0 Å². The Morgan fingerprint density at radius 3 is 2.62 bits per heavy atom. The molecule has 2 aliphatic heterocycles. The van der Waals surface area contributed by atoms with Crippen LogP contribution in [0.3, 0.4) is 0 Å². The van der Waals surface area contributed by atoms with Crippen LogP contribution in [-0.4, -0.2) is 24.9 Å². The lowest BCUT2D eigenvalue weighted by Crippen LogP contribution is -2.39.